The minimum absolute atomic E-state index is 0.725. The van der Waals surface area contributed by atoms with E-state index in [-0.39, 0.29) is 0 Å². The van der Waals surface area contributed by atoms with E-state index in [0.717, 1.165) is 22.0 Å². The zero-order valence-corrected chi connectivity index (χ0v) is 6.39. The summed E-state index contributed by atoms with van der Waals surface area (Å²) in [4.78, 5) is 0. The lowest BCUT2D eigenvalue weighted by Gasteiger charge is -1.84. The fourth-order valence-electron chi connectivity index (χ4n) is 0.250. The van der Waals surface area contributed by atoms with Crippen LogP contribution < -0.4 is 0 Å². The van der Waals surface area contributed by atoms with Crippen LogP contribution in [0.4, 0.5) is 0 Å². The van der Waals surface area contributed by atoms with Crippen molar-refractivity contribution in [1.29, 1.82) is 0 Å². The van der Waals surface area contributed by atoms with Gasteiger partial charge in [-0.05, 0) is 0 Å². The van der Waals surface area contributed by atoms with Crippen LogP contribution in [0.25, 0.3) is 0 Å². The Kier molecular flexibility index (Phi) is 3.32. The lowest BCUT2D eigenvalue weighted by Crippen LogP contribution is -1.92. The van der Waals surface area contributed by atoms with Crippen molar-refractivity contribution in [3.8, 4) is 0 Å². The molecular weight excluding hydrogens is 106 g/mol. The van der Waals surface area contributed by atoms with Crippen molar-refractivity contribution in [3.63, 3.8) is 0 Å². The highest BCUT2D eigenvalue weighted by Crippen LogP contribution is 1.78. The topological polar surface area (TPSA) is 32.6 Å². The molecule has 0 rings (SSSR count). The smallest absolute Gasteiger partial charge is 0.0617 e. The molecule has 0 aromatic rings. The monoisotopic (exact) mass is 115 g/mol. The number of hydrogen-bond donors (Lipinski definition) is 1. The van der Waals surface area contributed by atoms with Gasteiger partial charge in [0, 0.05) is 11.8 Å². The van der Waals surface area contributed by atoms with Gasteiger partial charge in [0.15, 0.2) is 0 Å². The summed E-state index contributed by atoms with van der Waals surface area (Å²) in [6, 6.07) is 0. The molecule has 0 saturated carbocycles. The van der Waals surface area contributed by atoms with Crippen LogP contribution in [0.5, 0.6) is 0 Å². The molecule has 0 atom stereocenters. The maximum atomic E-state index is 8.04. The molecule has 0 aliphatic heterocycles. The van der Waals surface area contributed by atoms with Crippen molar-refractivity contribution in [1.82, 2.24) is 0 Å². The second kappa shape index (κ2) is 3.61. The molecule has 7 heavy (non-hydrogen) atoms. The van der Waals surface area contributed by atoms with Gasteiger partial charge < -0.3 is 5.21 Å². The standard InChI is InChI=1S/C4H9NOSi/c1-2-3-4(7)5-6/h2,6H,1,3H2,7H3. The normalized spacial score (nSPS) is 11.7. The third-order valence-corrected chi connectivity index (χ3v) is 1.22. The highest BCUT2D eigenvalue weighted by molar-refractivity contribution is 6.59. The van der Waals surface area contributed by atoms with Crippen LogP contribution in [-0.2, 0) is 0 Å². The molecule has 0 spiro atoms. The van der Waals surface area contributed by atoms with Gasteiger partial charge in [0.2, 0.25) is 0 Å². The highest BCUT2D eigenvalue weighted by Gasteiger charge is 1.80. The molecule has 0 aliphatic carbocycles. The predicted molar refractivity (Wildman–Crippen MR) is 34.0 cm³/mol. The van der Waals surface area contributed by atoms with Crippen molar-refractivity contribution in [2.24, 2.45) is 5.16 Å². The number of allylic oxidation sites excluding steroid dienone is 1. The van der Waals surface area contributed by atoms with Crippen LogP contribution in [-0.4, -0.2) is 20.8 Å². The predicted octanol–water partition coefficient (Wildman–Crippen LogP) is -0.284. The molecule has 0 heterocycles. The summed E-state index contributed by atoms with van der Waals surface area (Å²) >= 11 is 0. The summed E-state index contributed by atoms with van der Waals surface area (Å²) in [6.07, 6.45) is 2.45. The molecule has 2 nitrogen and oxygen atoms in total. The van der Waals surface area contributed by atoms with E-state index >= 15 is 0 Å². The van der Waals surface area contributed by atoms with Crippen LogP contribution in [0.3, 0.4) is 0 Å². The molecule has 0 fully saturated rings. The van der Waals surface area contributed by atoms with E-state index in [2.05, 4.69) is 11.7 Å². The number of nitrogens with zero attached hydrogens (tertiary/aromatic N) is 1. The van der Waals surface area contributed by atoms with Crippen LogP contribution in [0.15, 0.2) is 17.8 Å². The van der Waals surface area contributed by atoms with Crippen LogP contribution in [0.1, 0.15) is 6.42 Å². The molecule has 0 aromatic carbocycles. The second-order valence-electron chi connectivity index (χ2n) is 1.33. The molecule has 0 aromatic heterocycles. The SMILES string of the molecule is C=CCC([SiH3])=NO. The van der Waals surface area contributed by atoms with Gasteiger partial charge in [-0.25, -0.2) is 0 Å². The molecule has 0 amide bonds. The van der Waals surface area contributed by atoms with E-state index in [0.29, 0.717) is 0 Å². The van der Waals surface area contributed by atoms with E-state index in [4.69, 9.17) is 5.21 Å². The second-order valence-corrected chi connectivity index (χ2v) is 2.48. The third kappa shape index (κ3) is 3.25. The Hall–Kier alpha value is -0.573. The Bertz CT molecular complexity index is 89.7. The Labute approximate surface area is 46.0 Å². The summed E-state index contributed by atoms with van der Waals surface area (Å²) < 4.78 is 0. The molecule has 40 valence electrons. The first-order valence-corrected chi connectivity index (χ1v) is 3.09. The van der Waals surface area contributed by atoms with Crippen molar-refractivity contribution < 1.29 is 5.21 Å². The summed E-state index contributed by atoms with van der Waals surface area (Å²) in [5.41, 5.74) is 0. The highest BCUT2D eigenvalue weighted by atomic mass is 28.1. The average Bonchev–Trinajstić information content (AvgIpc) is 1.68. The van der Waals surface area contributed by atoms with Gasteiger partial charge in [0.05, 0.1) is 10.2 Å². The number of rotatable bonds is 2. The van der Waals surface area contributed by atoms with Crippen molar-refractivity contribution in [2.75, 3.05) is 0 Å². The van der Waals surface area contributed by atoms with E-state index in [1.165, 1.54) is 0 Å². The summed E-state index contributed by atoms with van der Waals surface area (Å²) in [6.45, 7) is 3.48. The molecule has 0 radical (unpaired) electrons. The third-order valence-electron chi connectivity index (χ3n) is 0.610. The van der Waals surface area contributed by atoms with Gasteiger partial charge in [-0.15, -0.1) is 11.7 Å². The van der Waals surface area contributed by atoms with E-state index in [1.54, 1.807) is 6.08 Å². The number of hydrogen-bond acceptors (Lipinski definition) is 2. The Morgan fingerprint density at radius 1 is 2.00 bits per heavy atom. The fraction of sp³-hybridized carbons (Fsp3) is 0.250. The molecule has 3 heteroatoms. The quantitative estimate of drug-likeness (QED) is 0.173. The Morgan fingerprint density at radius 3 is 2.71 bits per heavy atom. The lowest BCUT2D eigenvalue weighted by atomic mass is 10.5. The first-order valence-electron chi connectivity index (χ1n) is 2.09. The van der Waals surface area contributed by atoms with Gasteiger partial charge in [-0.3, -0.25) is 0 Å². The van der Waals surface area contributed by atoms with Gasteiger partial charge >= 0.3 is 0 Å². The van der Waals surface area contributed by atoms with Crippen molar-refractivity contribution >= 4 is 15.6 Å². The lowest BCUT2D eigenvalue weighted by molar-refractivity contribution is 0.319. The maximum absolute atomic E-state index is 8.04. The Balaban J connectivity index is 3.36. The first-order chi connectivity index (χ1) is 3.31. The van der Waals surface area contributed by atoms with E-state index < -0.39 is 0 Å². The summed E-state index contributed by atoms with van der Waals surface area (Å²) in [5.74, 6) is 0. The zero-order chi connectivity index (χ0) is 5.70. The van der Waals surface area contributed by atoms with Crippen molar-refractivity contribution in [2.45, 2.75) is 6.42 Å². The van der Waals surface area contributed by atoms with Gasteiger partial charge in [-0.1, -0.05) is 6.08 Å². The van der Waals surface area contributed by atoms with E-state index in [1.807, 2.05) is 0 Å². The Morgan fingerprint density at radius 2 is 2.57 bits per heavy atom. The maximum Gasteiger partial charge on any atom is 0.0617 e. The van der Waals surface area contributed by atoms with Crippen LogP contribution in [0.2, 0.25) is 0 Å². The molecule has 1 N–H and O–H groups in total. The first kappa shape index (κ1) is 6.43. The van der Waals surface area contributed by atoms with Gasteiger partial charge in [-0.2, -0.15) is 0 Å². The minimum Gasteiger partial charge on any atom is -0.411 e. The molecule has 0 bridgehead atoms. The van der Waals surface area contributed by atoms with Crippen molar-refractivity contribution in [3.05, 3.63) is 12.7 Å². The average molecular weight is 115 g/mol. The van der Waals surface area contributed by atoms with E-state index in [9.17, 15) is 0 Å². The molecular formula is C4H9NOSi. The van der Waals surface area contributed by atoms with Crippen LogP contribution in [0, 0.1) is 0 Å². The largest absolute Gasteiger partial charge is 0.411 e. The van der Waals surface area contributed by atoms with Gasteiger partial charge in [0.1, 0.15) is 0 Å². The number of oxime groups is 1. The minimum atomic E-state index is 0.725. The zero-order valence-electron chi connectivity index (χ0n) is 4.39. The summed E-state index contributed by atoms with van der Waals surface area (Å²) in [5, 5.41) is 11.9. The van der Waals surface area contributed by atoms with Gasteiger partial charge in [0.25, 0.3) is 0 Å². The molecule has 0 unspecified atom stereocenters. The molecule has 0 aliphatic rings. The fourth-order valence-corrected chi connectivity index (χ4v) is 0.538. The molecule has 0 saturated heterocycles. The van der Waals surface area contributed by atoms with Crippen LogP contribution >= 0.6 is 0 Å². The summed E-state index contributed by atoms with van der Waals surface area (Å²) in [7, 11) is 0.828.